The fraction of sp³-hybridized carbons (Fsp3) is 0.333. The minimum absolute atomic E-state index is 0.00862. The van der Waals surface area contributed by atoms with E-state index in [1.54, 1.807) is 25.3 Å². The number of nitrogens with one attached hydrogen (secondary N) is 1. The van der Waals surface area contributed by atoms with Gasteiger partial charge < -0.3 is 14.2 Å². The second-order valence-electron chi connectivity index (χ2n) is 8.67. The highest BCUT2D eigenvalue weighted by Crippen LogP contribution is 2.32. The highest BCUT2D eigenvalue weighted by Gasteiger charge is 2.35. The molecular weight excluding hydrogens is 476 g/mol. The average molecular weight is 507 g/mol. The first-order valence-corrected chi connectivity index (χ1v) is 12.7. The number of hydrazone groups is 1. The Hall–Kier alpha value is -3.59. The fourth-order valence-electron chi connectivity index (χ4n) is 3.78. The summed E-state index contributed by atoms with van der Waals surface area (Å²) >= 11 is 1.32. The number of benzene rings is 2. The van der Waals surface area contributed by atoms with Crippen LogP contribution in [0.2, 0.25) is 0 Å². The number of rotatable bonds is 9. The van der Waals surface area contributed by atoms with Crippen LogP contribution in [0.25, 0.3) is 6.08 Å². The van der Waals surface area contributed by atoms with Crippen molar-refractivity contribution in [2.24, 2.45) is 10.1 Å². The average Bonchev–Trinajstić information content (AvgIpc) is 3.28. The van der Waals surface area contributed by atoms with Crippen molar-refractivity contribution in [3.63, 3.8) is 0 Å². The standard InChI is InChI=1S/C27H30N4O4S/c1-6-24-30-31-25(28)20(26(32)29-27(31)36-24)14-18-8-10-21(23(15-18)33-5)34-11-12-35-22-13-17(4)7-9-19(22)16(2)3/h7-10,13-16,28H,6,11-12H2,1-5H3/b20-14-,28-25?. The van der Waals surface area contributed by atoms with Crippen LogP contribution in [0, 0.1) is 12.3 Å². The summed E-state index contributed by atoms with van der Waals surface area (Å²) in [5, 5.41) is 15.5. The van der Waals surface area contributed by atoms with E-state index in [1.165, 1.54) is 22.3 Å². The van der Waals surface area contributed by atoms with Gasteiger partial charge in [0.15, 0.2) is 17.3 Å². The number of hydrogen-bond acceptors (Lipinski definition) is 7. The lowest BCUT2D eigenvalue weighted by atomic mass is 10.0. The lowest BCUT2D eigenvalue weighted by Gasteiger charge is -2.20. The number of hydrogen-bond donors (Lipinski definition) is 1. The molecule has 0 saturated heterocycles. The number of carbonyl (C=O) groups is 1. The maximum atomic E-state index is 12.6. The van der Waals surface area contributed by atoms with Gasteiger partial charge in [0.1, 0.15) is 24.0 Å². The number of ether oxygens (including phenoxy) is 3. The molecule has 8 nitrogen and oxygen atoms in total. The summed E-state index contributed by atoms with van der Waals surface area (Å²) in [6.45, 7) is 9.03. The summed E-state index contributed by atoms with van der Waals surface area (Å²) in [7, 11) is 1.56. The molecule has 0 aliphatic carbocycles. The Bertz CT molecular complexity index is 1280. The van der Waals surface area contributed by atoms with Crippen molar-refractivity contribution >= 4 is 39.8 Å². The van der Waals surface area contributed by atoms with Gasteiger partial charge in [0.25, 0.3) is 5.91 Å². The number of carbonyl (C=O) groups excluding carboxylic acids is 1. The molecule has 2 heterocycles. The van der Waals surface area contributed by atoms with E-state index in [9.17, 15) is 4.79 Å². The number of nitrogens with zero attached hydrogens (tertiary/aromatic N) is 3. The van der Waals surface area contributed by atoms with E-state index < -0.39 is 5.91 Å². The molecule has 188 valence electrons. The Morgan fingerprint density at radius 3 is 2.53 bits per heavy atom. The van der Waals surface area contributed by atoms with Gasteiger partial charge in [0, 0.05) is 0 Å². The van der Waals surface area contributed by atoms with Crippen LogP contribution in [0.15, 0.2) is 52.1 Å². The summed E-state index contributed by atoms with van der Waals surface area (Å²) in [4.78, 5) is 16.7. The van der Waals surface area contributed by atoms with Crippen molar-refractivity contribution in [1.29, 1.82) is 5.41 Å². The molecule has 0 radical (unpaired) electrons. The number of aryl methyl sites for hydroxylation is 1. The van der Waals surface area contributed by atoms with Gasteiger partial charge in [-0.15, -0.1) is 0 Å². The number of amides is 1. The molecular formula is C27H30N4O4S. The van der Waals surface area contributed by atoms with Crippen LogP contribution in [0.5, 0.6) is 17.2 Å². The van der Waals surface area contributed by atoms with Crippen LogP contribution in [0.1, 0.15) is 49.8 Å². The summed E-state index contributed by atoms with van der Waals surface area (Å²) in [5.74, 6) is 1.87. The van der Waals surface area contributed by atoms with Crippen LogP contribution in [0.3, 0.4) is 0 Å². The molecule has 2 aliphatic rings. The van der Waals surface area contributed by atoms with E-state index in [2.05, 4.69) is 36.1 Å². The van der Waals surface area contributed by atoms with Crippen LogP contribution in [0.4, 0.5) is 0 Å². The van der Waals surface area contributed by atoms with Crippen LogP contribution in [-0.4, -0.2) is 47.3 Å². The first kappa shape index (κ1) is 25.5. The van der Waals surface area contributed by atoms with Crippen LogP contribution >= 0.6 is 11.8 Å². The molecule has 0 atom stereocenters. The largest absolute Gasteiger partial charge is 0.493 e. The van der Waals surface area contributed by atoms with Crippen molar-refractivity contribution in [3.05, 3.63) is 58.7 Å². The molecule has 1 N–H and O–H groups in total. The molecule has 2 aromatic rings. The molecule has 4 rings (SSSR count). The molecule has 9 heteroatoms. The Kier molecular flexibility index (Phi) is 7.79. The van der Waals surface area contributed by atoms with Gasteiger partial charge in [-0.05, 0) is 72.0 Å². The van der Waals surface area contributed by atoms with E-state index in [0.717, 1.165) is 16.4 Å². The Morgan fingerprint density at radius 2 is 1.83 bits per heavy atom. The zero-order valence-corrected chi connectivity index (χ0v) is 21.9. The zero-order chi connectivity index (χ0) is 25.8. The summed E-state index contributed by atoms with van der Waals surface area (Å²) in [5.41, 5.74) is 3.17. The lowest BCUT2D eigenvalue weighted by Crippen LogP contribution is -2.35. The second kappa shape index (κ2) is 11.0. The molecule has 36 heavy (non-hydrogen) atoms. The topological polar surface area (TPSA) is 96.6 Å². The smallest absolute Gasteiger partial charge is 0.283 e. The highest BCUT2D eigenvalue weighted by molar-refractivity contribution is 8.26. The minimum atomic E-state index is -0.459. The van der Waals surface area contributed by atoms with Gasteiger partial charge in [-0.1, -0.05) is 39.0 Å². The maximum absolute atomic E-state index is 12.6. The van der Waals surface area contributed by atoms with Gasteiger partial charge in [-0.25, -0.2) is 0 Å². The molecule has 2 aliphatic heterocycles. The van der Waals surface area contributed by atoms with Gasteiger partial charge in [-0.2, -0.15) is 15.1 Å². The van der Waals surface area contributed by atoms with Crippen molar-refractivity contribution in [1.82, 2.24) is 5.01 Å². The van der Waals surface area contributed by atoms with E-state index in [-0.39, 0.29) is 11.4 Å². The van der Waals surface area contributed by atoms with E-state index in [0.29, 0.717) is 47.8 Å². The Morgan fingerprint density at radius 1 is 1.08 bits per heavy atom. The maximum Gasteiger partial charge on any atom is 0.283 e. The van der Waals surface area contributed by atoms with E-state index in [1.807, 2.05) is 26.0 Å². The first-order valence-electron chi connectivity index (χ1n) is 11.8. The third-order valence-corrected chi connectivity index (χ3v) is 6.74. The number of fused-ring (bicyclic) bond motifs is 1. The predicted octanol–water partition coefficient (Wildman–Crippen LogP) is 5.61. The van der Waals surface area contributed by atoms with E-state index in [4.69, 9.17) is 19.6 Å². The van der Waals surface area contributed by atoms with Crippen LogP contribution in [-0.2, 0) is 4.79 Å². The molecule has 0 fully saturated rings. The number of thioether (sulfide) groups is 1. The van der Waals surface area contributed by atoms with E-state index >= 15 is 0 Å². The molecule has 0 spiro atoms. The van der Waals surface area contributed by atoms with Crippen molar-refractivity contribution in [2.75, 3.05) is 20.3 Å². The zero-order valence-electron chi connectivity index (χ0n) is 21.1. The predicted molar refractivity (Wildman–Crippen MR) is 145 cm³/mol. The SMILES string of the molecule is CCC1=NN2C(=N)/C(=C/c3ccc(OCCOc4cc(C)ccc4C(C)C)c(OC)c3)C(=O)N=C2S1. The third kappa shape index (κ3) is 5.46. The summed E-state index contributed by atoms with van der Waals surface area (Å²) in [6.07, 6.45) is 2.34. The quantitative estimate of drug-likeness (QED) is 0.351. The van der Waals surface area contributed by atoms with Crippen molar-refractivity contribution < 1.29 is 19.0 Å². The lowest BCUT2D eigenvalue weighted by molar-refractivity contribution is -0.114. The Labute approximate surface area is 215 Å². The molecule has 2 aromatic carbocycles. The monoisotopic (exact) mass is 506 g/mol. The summed E-state index contributed by atoms with van der Waals surface area (Å²) < 4.78 is 17.4. The second-order valence-corrected chi connectivity index (χ2v) is 9.71. The number of aliphatic imine (C=N–C) groups is 1. The molecule has 0 aromatic heterocycles. The van der Waals surface area contributed by atoms with Gasteiger partial charge >= 0.3 is 0 Å². The highest BCUT2D eigenvalue weighted by atomic mass is 32.2. The number of amidine groups is 2. The normalized spacial score (nSPS) is 16.3. The van der Waals surface area contributed by atoms with Crippen molar-refractivity contribution in [3.8, 4) is 17.2 Å². The third-order valence-electron chi connectivity index (χ3n) is 5.69. The first-order chi connectivity index (χ1) is 17.3. The fourth-order valence-corrected chi connectivity index (χ4v) is 4.61. The van der Waals surface area contributed by atoms with Gasteiger partial charge in [-0.3, -0.25) is 10.2 Å². The molecule has 1 amide bonds. The molecule has 0 saturated carbocycles. The van der Waals surface area contributed by atoms with Crippen LogP contribution < -0.4 is 14.2 Å². The minimum Gasteiger partial charge on any atom is -0.493 e. The summed E-state index contributed by atoms with van der Waals surface area (Å²) in [6, 6.07) is 11.6. The molecule has 0 bridgehead atoms. The van der Waals surface area contributed by atoms with Gasteiger partial charge in [0.2, 0.25) is 5.17 Å². The van der Waals surface area contributed by atoms with Crippen molar-refractivity contribution in [2.45, 2.75) is 40.0 Å². The molecule has 0 unspecified atom stereocenters. The van der Waals surface area contributed by atoms with Gasteiger partial charge in [0.05, 0.1) is 12.7 Å². The number of methoxy groups -OCH3 is 1. The Balaban J connectivity index is 1.44.